The van der Waals surface area contributed by atoms with Gasteiger partial charge in [0.2, 0.25) is 0 Å². The summed E-state index contributed by atoms with van der Waals surface area (Å²) in [7, 11) is 0. The topological polar surface area (TPSA) is 0 Å². The van der Waals surface area contributed by atoms with Gasteiger partial charge in [-0.25, -0.2) is 0 Å². The van der Waals surface area contributed by atoms with Gasteiger partial charge in [-0.05, 0) is 0 Å². The SMILES string of the molecule is CC(C)(C)c1cc2c(cc1-c1ccccc1)Cc1c-2cc(C(C)(C)C)c(-c2ccccc2)[c]1[Zr+2](=[C](c1ccc(Br)cc1)c1ccc(Br)cc1)[CH]1C=CC=C1.[Cl-].[Cl-]. The average Bonchev–Trinajstić information content (AvgIpc) is 3.82. The zero-order chi connectivity index (χ0) is 37.8. The van der Waals surface area contributed by atoms with Crippen molar-refractivity contribution in [3.63, 3.8) is 0 Å². The van der Waals surface area contributed by atoms with Gasteiger partial charge in [0.15, 0.2) is 0 Å². The molecule has 5 heteroatoms. The van der Waals surface area contributed by atoms with Crippen LogP contribution in [0.15, 0.2) is 161 Å². The smallest absolute Gasteiger partial charge is 1.00 e. The molecule has 0 spiro atoms. The Morgan fingerprint density at radius 1 is 0.554 bits per heavy atom. The first-order valence-electron chi connectivity index (χ1n) is 19.0. The summed E-state index contributed by atoms with van der Waals surface area (Å²) in [4.78, 5) is 0. The molecule has 0 unspecified atom stereocenters. The average molecular weight is 981 g/mol. The number of rotatable bonds is 6. The summed E-state index contributed by atoms with van der Waals surface area (Å²) in [6.45, 7) is 14.3. The predicted molar refractivity (Wildman–Crippen MR) is 236 cm³/mol. The van der Waals surface area contributed by atoms with Gasteiger partial charge in [0.25, 0.3) is 0 Å². The molecule has 8 rings (SSSR count). The maximum Gasteiger partial charge on any atom is -1.00 e. The van der Waals surface area contributed by atoms with Gasteiger partial charge in [-0.3, -0.25) is 0 Å². The molecule has 0 saturated heterocycles. The fourth-order valence-corrected chi connectivity index (χ4v) is 17.8. The van der Waals surface area contributed by atoms with E-state index < -0.39 is 21.3 Å². The summed E-state index contributed by atoms with van der Waals surface area (Å²) in [5, 5.41) is 0. The van der Waals surface area contributed by atoms with Gasteiger partial charge in [-0.2, -0.15) is 0 Å². The number of hydrogen-bond donors (Lipinski definition) is 0. The van der Waals surface area contributed by atoms with E-state index in [2.05, 4.69) is 225 Å². The van der Waals surface area contributed by atoms with Crippen molar-refractivity contribution in [2.24, 2.45) is 0 Å². The monoisotopic (exact) mass is 976 g/mol. The van der Waals surface area contributed by atoms with Crippen LogP contribution in [0.4, 0.5) is 0 Å². The van der Waals surface area contributed by atoms with Crippen molar-refractivity contribution in [2.75, 3.05) is 0 Å². The van der Waals surface area contributed by atoms with Gasteiger partial charge in [0.05, 0.1) is 0 Å². The number of benzene rings is 6. The maximum absolute atomic E-state index is 3.76. The molecule has 0 bridgehead atoms. The van der Waals surface area contributed by atoms with Crippen molar-refractivity contribution in [1.29, 1.82) is 0 Å². The molecule has 0 radical (unpaired) electrons. The molecule has 282 valence electrons. The Bertz CT molecular complexity index is 2410. The van der Waals surface area contributed by atoms with Crippen LogP contribution in [-0.2, 0) is 38.5 Å². The third-order valence-corrected chi connectivity index (χ3v) is 20.1. The summed E-state index contributed by atoms with van der Waals surface area (Å²) in [6, 6.07) is 48.3. The van der Waals surface area contributed by atoms with Crippen LogP contribution in [0.25, 0.3) is 33.4 Å². The second-order valence-corrected chi connectivity index (χ2v) is 24.7. The van der Waals surface area contributed by atoms with Gasteiger partial charge in [0, 0.05) is 0 Å². The van der Waals surface area contributed by atoms with Crippen LogP contribution < -0.4 is 28.1 Å². The summed E-state index contributed by atoms with van der Waals surface area (Å²) in [5.74, 6) is 0. The molecule has 0 heterocycles. The number of fused-ring (bicyclic) bond motifs is 3. The molecular weight excluding hydrogens is 934 g/mol. The molecule has 0 aliphatic heterocycles. The standard InChI is InChI=1S/C33H33.C13H8Br2.C5H5.2ClH.Zr/c1-32(2,3)30-20-26-24(18-28(30)22-13-9-7-10-14-22)17-25-19-29(23-15-11-8-12-16-23)31(21-27(25)26)33(4,5)6;14-12-5-1-10(2-6-12)9-11-3-7-13(15)8-4-11;1-2-4-5-3-1;;;/h7-16,18,20-21H,17H2,1-6H3;1-8H;1-5H;2*1H;/q;;;;;+2/p-2. The molecule has 0 atom stereocenters. The van der Waals surface area contributed by atoms with E-state index in [1.165, 1.54) is 66.8 Å². The van der Waals surface area contributed by atoms with Crippen LogP contribution in [0.1, 0.15) is 74.9 Å². The van der Waals surface area contributed by atoms with Crippen molar-refractivity contribution in [3.8, 4) is 33.4 Å². The minimum Gasteiger partial charge on any atom is -1.00 e. The Balaban J connectivity index is 0.00000266. The molecule has 0 saturated carbocycles. The molecule has 0 nitrogen and oxygen atoms in total. The van der Waals surface area contributed by atoms with Gasteiger partial charge >= 0.3 is 349 Å². The normalized spacial score (nSPS) is 13.0. The maximum atomic E-state index is 3.76. The van der Waals surface area contributed by atoms with Crippen LogP contribution in [-0.4, -0.2) is 3.21 Å². The number of hydrogen-bond acceptors (Lipinski definition) is 0. The van der Waals surface area contributed by atoms with E-state index in [1.807, 2.05) is 0 Å². The minimum atomic E-state index is -3.04. The summed E-state index contributed by atoms with van der Waals surface area (Å²) in [6.07, 6.45) is 10.5. The van der Waals surface area contributed by atoms with Crippen molar-refractivity contribution in [3.05, 3.63) is 194 Å². The van der Waals surface area contributed by atoms with Crippen LogP contribution in [0.5, 0.6) is 0 Å². The van der Waals surface area contributed by atoms with E-state index in [4.69, 9.17) is 0 Å². The fourth-order valence-electron chi connectivity index (χ4n) is 8.44. The first-order valence-corrected chi connectivity index (χ1v) is 24.4. The van der Waals surface area contributed by atoms with E-state index in [1.54, 1.807) is 6.48 Å². The van der Waals surface area contributed by atoms with Gasteiger partial charge in [0.1, 0.15) is 0 Å². The summed E-state index contributed by atoms with van der Waals surface area (Å²) >= 11 is 4.48. The van der Waals surface area contributed by atoms with E-state index in [9.17, 15) is 0 Å². The molecule has 6 aromatic rings. The van der Waals surface area contributed by atoms with Crippen molar-refractivity contribution in [2.45, 2.75) is 62.4 Å². The van der Waals surface area contributed by atoms with Crippen molar-refractivity contribution >= 4 is 38.3 Å². The molecule has 0 amide bonds. The van der Waals surface area contributed by atoms with Crippen LogP contribution in [0.2, 0.25) is 3.63 Å². The third-order valence-electron chi connectivity index (χ3n) is 11.0. The Morgan fingerprint density at radius 3 is 1.54 bits per heavy atom. The summed E-state index contributed by atoms with van der Waals surface area (Å²) in [5.41, 5.74) is 16.7. The Hall–Kier alpha value is -2.91. The van der Waals surface area contributed by atoms with E-state index >= 15 is 0 Å². The van der Waals surface area contributed by atoms with E-state index in [0.29, 0.717) is 3.63 Å². The Morgan fingerprint density at radius 2 is 1.04 bits per heavy atom. The first-order chi connectivity index (χ1) is 25.9. The zero-order valence-corrected chi connectivity index (χ0v) is 39.9. The quantitative estimate of drug-likeness (QED) is 0.158. The predicted octanol–water partition coefficient (Wildman–Crippen LogP) is 8.15. The van der Waals surface area contributed by atoms with Gasteiger partial charge in [-0.15, -0.1) is 0 Å². The van der Waals surface area contributed by atoms with E-state index in [0.717, 1.165) is 15.4 Å². The molecule has 6 aromatic carbocycles. The number of halogens is 4. The fraction of sp³-hybridized carbons (Fsp3) is 0.196. The van der Waals surface area contributed by atoms with Gasteiger partial charge < -0.3 is 24.8 Å². The first kappa shape index (κ1) is 42.7. The second-order valence-electron chi connectivity index (χ2n) is 16.8. The molecule has 56 heavy (non-hydrogen) atoms. The molecule has 0 N–H and O–H groups in total. The number of allylic oxidation sites excluding steroid dienone is 4. The van der Waals surface area contributed by atoms with Crippen LogP contribution in [0, 0.1) is 0 Å². The molecule has 2 aliphatic rings. The zero-order valence-electron chi connectivity index (χ0n) is 32.7. The van der Waals surface area contributed by atoms with Crippen molar-refractivity contribution < 1.29 is 46.1 Å². The molecule has 0 aromatic heterocycles. The van der Waals surface area contributed by atoms with Crippen LogP contribution >= 0.6 is 31.9 Å². The third kappa shape index (κ3) is 8.33. The minimum absolute atomic E-state index is 0. The Labute approximate surface area is 370 Å². The van der Waals surface area contributed by atoms with Gasteiger partial charge in [-0.1, -0.05) is 0 Å². The molecular formula is C51H46Br2Cl2Zr. The summed E-state index contributed by atoms with van der Waals surface area (Å²) < 4.78 is 5.76. The molecule has 2 aliphatic carbocycles. The van der Waals surface area contributed by atoms with Crippen LogP contribution in [0.3, 0.4) is 0 Å². The van der Waals surface area contributed by atoms with Crippen molar-refractivity contribution in [1.82, 2.24) is 0 Å². The van der Waals surface area contributed by atoms with E-state index in [-0.39, 0.29) is 35.6 Å². The Kier molecular flexibility index (Phi) is 13.1. The second kappa shape index (κ2) is 17.1. The molecule has 0 fully saturated rings. The largest absolute Gasteiger partial charge is 1.00 e.